The van der Waals surface area contributed by atoms with Gasteiger partial charge in [-0.2, -0.15) is 0 Å². The molecule has 0 unspecified atom stereocenters. The molecule has 88 valence electrons. The first-order chi connectivity index (χ1) is 6.75. The van der Waals surface area contributed by atoms with Crippen molar-refractivity contribution in [2.45, 2.75) is 33.7 Å². The molecule has 0 fully saturated rings. The van der Waals surface area contributed by atoms with Gasteiger partial charge in [0.05, 0.1) is 6.54 Å². The number of hydrogen-bond acceptors (Lipinski definition) is 2. The summed E-state index contributed by atoms with van der Waals surface area (Å²) in [5.74, 6) is -0.552. The summed E-state index contributed by atoms with van der Waals surface area (Å²) in [7, 11) is 0. The van der Waals surface area contributed by atoms with Gasteiger partial charge in [-0.1, -0.05) is 5.57 Å². The molecule has 0 bridgehead atoms. The van der Waals surface area contributed by atoms with Crippen molar-refractivity contribution in [2.24, 2.45) is 5.73 Å². The topological polar surface area (TPSA) is 84.2 Å². The molecule has 0 aliphatic heterocycles. The summed E-state index contributed by atoms with van der Waals surface area (Å²) in [4.78, 5) is 20.9. The minimum atomic E-state index is -0.552. The van der Waals surface area contributed by atoms with E-state index in [-0.39, 0.29) is 18.6 Å². The van der Waals surface area contributed by atoms with Gasteiger partial charge in [-0.05, 0) is 27.7 Å². The molecule has 0 radical (unpaired) electrons. The third-order valence-corrected chi connectivity index (χ3v) is 0.843. The van der Waals surface area contributed by atoms with Crippen molar-refractivity contribution in [3.63, 3.8) is 0 Å². The number of rotatable bonds is 3. The molecule has 5 heteroatoms. The van der Waals surface area contributed by atoms with Crippen molar-refractivity contribution in [1.82, 2.24) is 10.6 Å². The predicted molar refractivity (Wildman–Crippen MR) is 61.4 cm³/mol. The summed E-state index contributed by atoms with van der Waals surface area (Å²) in [5.41, 5.74) is 5.96. The zero-order valence-corrected chi connectivity index (χ0v) is 9.89. The molecular weight excluding hydrogens is 194 g/mol. The van der Waals surface area contributed by atoms with Crippen LogP contribution in [0.15, 0.2) is 12.2 Å². The maximum Gasteiger partial charge on any atom is 0.315 e. The second-order valence-electron chi connectivity index (χ2n) is 3.66. The van der Waals surface area contributed by atoms with Crippen molar-refractivity contribution >= 4 is 11.9 Å². The second kappa shape index (κ2) is 9.05. The fourth-order valence-corrected chi connectivity index (χ4v) is 0.481. The van der Waals surface area contributed by atoms with Crippen LogP contribution in [0.3, 0.4) is 0 Å². The second-order valence-corrected chi connectivity index (χ2v) is 3.66. The fourth-order valence-electron chi connectivity index (χ4n) is 0.481. The lowest BCUT2D eigenvalue weighted by molar-refractivity contribution is -0.117. The molecule has 0 aromatic heterocycles. The summed E-state index contributed by atoms with van der Waals surface area (Å²) < 4.78 is 0. The lowest BCUT2D eigenvalue weighted by Gasteiger charge is -2.07. The van der Waals surface area contributed by atoms with E-state index in [2.05, 4.69) is 17.2 Å². The summed E-state index contributed by atoms with van der Waals surface area (Å²) in [6.45, 7) is 11.0. The number of nitrogens with one attached hydrogen (secondary N) is 2. The van der Waals surface area contributed by atoms with Crippen molar-refractivity contribution in [2.75, 3.05) is 6.54 Å². The van der Waals surface area contributed by atoms with Crippen LogP contribution >= 0.6 is 0 Å². The van der Waals surface area contributed by atoms with E-state index in [4.69, 9.17) is 5.73 Å². The molecule has 0 atom stereocenters. The highest BCUT2D eigenvalue weighted by Gasteiger charge is 2.01. The Hall–Kier alpha value is -1.52. The highest BCUT2D eigenvalue weighted by Crippen LogP contribution is 1.75. The summed E-state index contributed by atoms with van der Waals surface area (Å²) >= 11 is 0. The minimum absolute atomic E-state index is 0.0582. The van der Waals surface area contributed by atoms with E-state index >= 15 is 0 Å². The maximum atomic E-state index is 10.7. The molecule has 0 aromatic carbocycles. The molecule has 5 nitrogen and oxygen atoms in total. The number of urea groups is 1. The first-order valence-electron chi connectivity index (χ1n) is 4.70. The Morgan fingerprint density at radius 3 is 2.00 bits per heavy atom. The molecule has 0 saturated carbocycles. The standard InChI is InChI=1S/C6H13N3O2.C4H8/c1-4(2)9-6(11)8-3-5(7)10;1-4(2)3/h4H,3H2,1-2H3,(H2,7,10)(H2,8,9,11);1H2,2-3H3. The van der Waals surface area contributed by atoms with E-state index < -0.39 is 5.91 Å². The summed E-state index contributed by atoms with van der Waals surface area (Å²) in [6.07, 6.45) is 0. The highest BCUT2D eigenvalue weighted by atomic mass is 16.2. The Bertz CT molecular complexity index is 221. The highest BCUT2D eigenvalue weighted by molar-refractivity contribution is 5.82. The van der Waals surface area contributed by atoms with Crippen molar-refractivity contribution in [3.05, 3.63) is 12.2 Å². The number of carbonyl (C=O) groups excluding carboxylic acids is 2. The van der Waals surface area contributed by atoms with Crippen molar-refractivity contribution in [1.29, 1.82) is 0 Å². The molecule has 0 aliphatic carbocycles. The normalized spacial score (nSPS) is 8.60. The molecule has 0 aliphatic rings. The van der Waals surface area contributed by atoms with Crippen LogP contribution in [-0.2, 0) is 4.79 Å². The molecule has 0 heterocycles. The lowest BCUT2D eigenvalue weighted by Crippen LogP contribution is -2.42. The first-order valence-corrected chi connectivity index (χ1v) is 4.70. The van der Waals surface area contributed by atoms with Gasteiger partial charge >= 0.3 is 6.03 Å². The number of allylic oxidation sites excluding steroid dienone is 1. The van der Waals surface area contributed by atoms with Crippen LogP contribution in [0.1, 0.15) is 27.7 Å². The Kier molecular flexibility index (Phi) is 9.61. The predicted octanol–water partition coefficient (Wildman–Crippen LogP) is 0.762. The molecule has 15 heavy (non-hydrogen) atoms. The lowest BCUT2D eigenvalue weighted by atomic mass is 10.4. The number of amides is 3. The van der Waals surface area contributed by atoms with Gasteiger partial charge in [0.2, 0.25) is 5.91 Å². The molecule has 0 aromatic rings. The van der Waals surface area contributed by atoms with E-state index in [1.165, 1.54) is 5.57 Å². The van der Waals surface area contributed by atoms with Crippen LogP contribution in [0, 0.1) is 0 Å². The molecule has 4 N–H and O–H groups in total. The van der Waals surface area contributed by atoms with E-state index in [9.17, 15) is 9.59 Å². The Morgan fingerprint density at radius 1 is 1.33 bits per heavy atom. The summed E-state index contributed by atoms with van der Waals surface area (Å²) in [6, 6.07) is -0.318. The number of hydrogen-bond donors (Lipinski definition) is 3. The van der Waals surface area contributed by atoms with E-state index in [1.807, 2.05) is 27.7 Å². The molecule has 0 spiro atoms. The van der Waals surface area contributed by atoms with Crippen LogP contribution in [-0.4, -0.2) is 24.5 Å². The average Bonchev–Trinajstić information content (AvgIpc) is 1.98. The van der Waals surface area contributed by atoms with Crippen LogP contribution < -0.4 is 16.4 Å². The smallest absolute Gasteiger partial charge is 0.315 e. The van der Waals surface area contributed by atoms with Gasteiger partial charge in [-0.15, -0.1) is 6.58 Å². The molecule has 0 saturated heterocycles. The Morgan fingerprint density at radius 2 is 1.73 bits per heavy atom. The van der Waals surface area contributed by atoms with Crippen LogP contribution in [0.5, 0.6) is 0 Å². The number of carbonyl (C=O) groups is 2. The molecule has 3 amide bonds. The Balaban J connectivity index is 0. The van der Waals surface area contributed by atoms with Gasteiger partial charge in [-0.25, -0.2) is 4.79 Å². The zero-order valence-electron chi connectivity index (χ0n) is 9.89. The average molecular weight is 215 g/mol. The zero-order chi connectivity index (χ0) is 12.4. The van der Waals surface area contributed by atoms with Crippen LogP contribution in [0.25, 0.3) is 0 Å². The largest absolute Gasteiger partial charge is 0.368 e. The van der Waals surface area contributed by atoms with Crippen molar-refractivity contribution in [3.8, 4) is 0 Å². The van der Waals surface area contributed by atoms with Gasteiger partial charge in [0.15, 0.2) is 0 Å². The van der Waals surface area contributed by atoms with Gasteiger partial charge < -0.3 is 16.4 Å². The maximum absolute atomic E-state index is 10.7. The first kappa shape index (κ1) is 15.9. The van der Waals surface area contributed by atoms with E-state index in [0.29, 0.717) is 0 Å². The summed E-state index contributed by atoms with van der Waals surface area (Å²) in [5, 5.41) is 4.83. The third-order valence-electron chi connectivity index (χ3n) is 0.843. The molecule has 0 rings (SSSR count). The number of nitrogens with two attached hydrogens (primary N) is 1. The third kappa shape index (κ3) is 24.5. The van der Waals surface area contributed by atoms with Crippen LogP contribution in [0.2, 0.25) is 0 Å². The van der Waals surface area contributed by atoms with E-state index in [1.54, 1.807) is 0 Å². The van der Waals surface area contributed by atoms with Gasteiger partial charge in [-0.3, -0.25) is 4.79 Å². The molecular formula is C10H21N3O2. The SMILES string of the molecule is C=C(C)C.CC(C)NC(=O)NCC(N)=O. The quantitative estimate of drug-likeness (QED) is 0.607. The van der Waals surface area contributed by atoms with Crippen LogP contribution in [0.4, 0.5) is 4.79 Å². The van der Waals surface area contributed by atoms with E-state index in [0.717, 1.165) is 0 Å². The van der Waals surface area contributed by atoms with Crippen molar-refractivity contribution < 1.29 is 9.59 Å². The minimum Gasteiger partial charge on any atom is -0.368 e. The number of primary amides is 1. The van der Waals surface area contributed by atoms with Gasteiger partial charge in [0.25, 0.3) is 0 Å². The monoisotopic (exact) mass is 215 g/mol. The fraction of sp³-hybridized carbons (Fsp3) is 0.600. The van der Waals surface area contributed by atoms with Gasteiger partial charge in [0.1, 0.15) is 0 Å². The Labute approximate surface area is 91.1 Å². The van der Waals surface area contributed by atoms with Gasteiger partial charge in [0, 0.05) is 6.04 Å².